The van der Waals surface area contributed by atoms with Crippen molar-refractivity contribution in [3.63, 3.8) is 0 Å². The first kappa shape index (κ1) is 36.1. The number of aliphatic hydroxyl groups is 1. The monoisotopic (exact) mass is 285 g/mol. The van der Waals surface area contributed by atoms with Gasteiger partial charge in [-0.3, -0.25) is 0 Å². The maximum atomic E-state index is 7.18. The molecule has 0 aromatic heterocycles. The van der Waals surface area contributed by atoms with Crippen LogP contribution in [0.15, 0.2) is 0 Å². The Balaban J connectivity index is -0.0000000121. The maximum absolute atomic E-state index is 7.18. The van der Waals surface area contributed by atoms with Gasteiger partial charge < -0.3 is 15.9 Å². The van der Waals surface area contributed by atoms with Gasteiger partial charge >= 0.3 is 103 Å². The minimum absolute atomic E-state index is 0. The number of aliphatic hydroxyl groups excluding tert-OH is 1. The van der Waals surface area contributed by atoms with Crippen molar-refractivity contribution in [1.29, 1.82) is 5.26 Å². The second kappa shape index (κ2) is 85.2. The van der Waals surface area contributed by atoms with E-state index >= 15 is 0 Å². The summed E-state index contributed by atoms with van der Waals surface area (Å²) in [6.45, 7) is 0. The molecule has 0 spiro atoms. The molecule has 62 valence electrons. The Morgan fingerprint density at radius 3 is 1.15 bits per heavy atom. The third-order valence-electron chi connectivity index (χ3n) is 0. The molecule has 0 bridgehead atoms. The average Bonchev–Trinajstić information content (AvgIpc) is 1.96. The first-order valence-electron chi connectivity index (χ1n) is 1.75. The zero-order chi connectivity index (χ0) is 10.1. The van der Waals surface area contributed by atoms with Gasteiger partial charge in [0, 0.05) is 7.11 Å². The van der Waals surface area contributed by atoms with Crippen LogP contribution < -0.4 is 103 Å². The number of nitriles is 1. The number of thiocyanates is 1. The summed E-state index contributed by atoms with van der Waals surface area (Å²) in [4.78, 5) is 0. The summed E-state index contributed by atoms with van der Waals surface area (Å²) < 4.78 is 0. The minimum Gasteiger partial charge on any atom is -0.753 e. The fraction of sp³-hybridized carbons (Fsp3) is 0.250. The molecule has 0 radical (unpaired) electrons. The van der Waals surface area contributed by atoms with Crippen molar-refractivity contribution < 1.29 is 108 Å². The summed E-state index contributed by atoms with van der Waals surface area (Å²) in [5.74, 6) is 0. The van der Waals surface area contributed by atoms with Gasteiger partial charge in [0.1, 0.15) is 5.40 Å². The molecule has 0 aliphatic carbocycles. The van der Waals surface area contributed by atoms with Gasteiger partial charge in [-0.2, -0.15) is 15.6 Å². The second-order valence-electron chi connectivity index (χ2n) is 0.283. The zero-order valence-electron chi connectivity index (χ0n) is 7.55. The van der Waals surface area contributed by atoms with Crippen LogP contribution in [0.4, 0.5) is 0 Å². The predicted molar refractivity (Wildman–Crippen MR) is 54.7 cm³/mol. The summed E-state index contributed by atoms with van der Waals surface area (Å²) in [6.07, 6.45) is 0. The Morgan fingerprint density at radius 2 is 1.15 bits per heavy atom. The van der Waals surface area contributed by atoms with Crippen LogP contribution in [0, 0.1) is 10.7 Å². The van der Waals surface area contributed by atoms with Crippen molar-refractivity contribution >= 4 is 47.4 Å². The first-order valence-corrected chi connectivity index (χ1v) is 3.01. The third kappa shape index (κ3) is 330. The number of hydrogen-bond donors (Lipinski definition) is 2. The standard InChI is InChI=1S/CHNS.2CNS.CH4O.2K/c3*2-1-3;1-2;;/h3H;;;2H,1H3;;/q;2*-1;;2*+1. The molecule has 0 heterocycles. The minimum atomic E-state index is 0. The van der Waals surface area contributed by atoms with E-state index in [-0.39, 0.29) is 103 Å². The van der Waals surface area contributed by atoms with Gasteiger partial charge in [0.15, 0.2) is 0 Å². The van der Waals surface area contributed by atoms with Crippen molar-refractivity contribution in [2.75, 3.05) is 7.11 Å². The summed E-state index contributed by atoms with van der Waals surface area (Å²) >= 11 is 10.5. The SMILES string of the molecule is CO.N#CS.[K+].[K+].[N-]=C=S.[N-]=C=S. The van der Waals surface area contributed by atoms with Crippen LogP contribution in [0.5, 0.6) is 0 Å². The van der Waals surface area contributed by atoms with E-state index in [2.05, 4.69) is 37.1 Å². The Hall–Kier alpha value is 2.67. The molecule has 0 fully saturated rings. The molecule has 0 aliphatic heterocycles. The van der Waals surface area contributed by atoms with Crippen LogP contribution in [0.25, 0.3) is 10.8 Å². The third-order valence-corrected chi connectivity index (χ3v) is 0. The van der Waals surface area contributed by atoms with Crippen LogP contribution in [0.3, 0.4) is 0 Å². The Bertz CT molecular complexity index is 137. The fourth-order valence-corrected chi connectivity index (χ4v) is 0. The molecular weight excluding hydrogens is 280 g/mol. The van der Waals surface area contributed by atoms with E-state index in [0.29, 0.717) is 0 Å². The van der Waals surface area contributed by atoms with E-state index in [1.807, 2.05) is 0 Å². The van der Waals surface area contributed by atoms with E-state index in [1.165, 1.54) is 15.7 Å². The molecule has 0 saturated heterocycles. The molecule has 1 N–H and O–H groups in total. The normalized spacial score (nSPS) is 2.31. The Morgan fingerprint density at radius 1 is 1.15 bits per heavy atom. The molecule has 0 aliphatic rings. The number of thiol groups is 1. The van der Waals surface area contributed by atoms with E-state index in [9.17, 15) is 0 Å². The molecule has 9 heteroatoms. The van der Waals surface area contributed by atoms with E-state index in [1.54, 1.807) is 0 Å². The quantitative estimate of drug-likeness (QED) is 0.154. The van der Waals surface area contributed by atoms with E-state index in [4.69, 9.17) is 21.2 Å². The molecule has 4 nitrogen and oxygen atoms in total. The van der Waals surface area contributed by atoms with Gasteiger partial charge in [0.2, 0.25) is 0 Å². The van der Waals surface area contributed by atoms with Gasteiger partial charge in [-0.15, -0.1) is 0 Å². The zero-order valence-corrected chi connectivity index (χ0v) is 16.3. The van der Waals surface area contributed by atoms with Crippen molar-refractivity contribution in [3.8, 4) is 5.40 Å². The molecule has 0 atom stereocenters. The Kier molecular flexibility index (Phi) is 236. The number of thiocarbonyl (C=S) groups is 2. The van der Waals surface area contributed by atoms with Crippen LogP contribution >= 0.6 is 37.1 Å². The van der Waals surface area contributed by atoms with Crippen LogP contribution in [0.2, 0.25) is 0 Å². The van der Waals surface area contributed by atoms with Crippen molar-refractivity contribution in [1.82, 2.24) is 0 Å². The molecule has 0 unspecified atom stereocenters. The van der Waals surface area contributed by atoms with E-state index < -0.39 is 0 Å². The smallest absolute Gasteiger partial charge is 0.753 e. The van der Waals surface area contributed by atoms with Crippen molar-refractivity contribution in [3.05, 3.63) is 10.8 Å². The fourth-order valence-electron chi connectivity index (χ4n) is 0. The van der Waals surface area contributed by atoms with Crippen molar-refractivity contribution in [2.24, 2.45) is 0 Å². The number of hydrogen-bond acceptors (Lipinski definition) is 5. The maximum Gasteiger partial charge on any atom is 1.00 e. The summed E-state index contributed by atoms with van der Waals surface area (Å²) in [5.41, 5.74) is 0. The summed E-state index contributed by atoms with van der Waals surface area (Å²) in [5, 5.41) is 32.6. The van der Waals surface area contributed by atoms with Crippen molar-refractivity contribution in [2.45, 2.75) is 0 Å². The predicted octanol–water partition coefficient (Wildman–Crippen LogP) is -4.67. The first-order chi connectivity index (χ1) is 5.24. The molecule has 0 amide bonds. The van der Waals surface area contributed by atoms with Gasteiger partial charge in [-0.1, -0.05) is 37.1 Å². The van der Waals surface area contributed by atoms with Gasteiger partial charge in [-0.05, 0) is 0 Å². The van der Waals surface area contributed by atoms with Crippen LogP contribution in [-0.2, 0) is 0 Å². The molecule has 13 heavy (non-hydrogen) atoms. The molecule has 0 aromatic rings. The van der Waals surface area contributed by atoms with Gasteiger partial charge in [-0.25, -0.2) is 0 Å². The number of rotatable bonds is 0. The van der Waals surface area contributed by atoms with E-state index in [0.717, 1.165) is 7.11 Å². The molecular formula is C4H5K2N3OS3. The number of nitrogens with zero attached hydrogens (tertiary/aromatic N) is 3. The van der Waals surface area contributed by atoms with Crippen LogP contribution in [-0.4, -0.2) is 22.5 Å². The second-order valence-corrected chi connectivity index (χ2v) is 0.848. The topological polar surface area (TPSA) is 88.6 Å². The van der Waals surface area contributed by atoms with Crippen LogP contribution in [0.1, 0.15) is 0 Å². The summed E-state index contributed by atoms with van der Waals surface area (Å²) in [6, 6.07) is 0. The molecule has 0 rings (SSSR count). The van der Waals surface area contributed by atoms with Gasteiger partial charge in [0.25, 0.3) is 0 Å². The largest absolute Gasteiger partial charge is 1.00 e. The molecule has 0 aromatic carbocycles. The summed E-state index contributed by atoms with van der Waals surface area (Å²) in [7, 11) is 1.00. The number of isothiocyanates is 2. The van der Waals surface area contributed by atoms with Gasteiger partial charge in [0.05, 0.1) is 0 Å². The molecule has 0 saturated carbocycles. The average molecular weight is 286 g/mol. The Labute approximate surface area is 179 Å².